The summed E-state index contributed by atoms with van der Waals surface area (Å²) in [5.74, 6) is 0.145. The second-order valence-corrected chi connectivity index (χ2v) is 5.32. The molecule has 2 aromatic carbocycles. The zero-order valence-electron chi connectivity index (χ0n) is 13.1. The van der Waals surface area contributed by atoms with Crippen LogP contribution >= 0.6 is 0 Å². The maximum Gasteiger partial charge on any atom is 0.244 e. The van der Waals surface area contributed by atoms with E-state index >= 15 is 0 Å². The molecule has 0 aliphatic heterocycles. The van der Waals surface area contributed by atoms with Gasteiger partial charge in [0.1, 0.15) is 5.52 Å². The number of nitrogens with one attached hydrogen (secondary N) is 1. The van der Waals surface area contributed by atoms with Gasteiger partial charge in [0, 0.05) is 12.2 Å². The number of benzene rings is 2. The highest BCUT2D eigenvalue weighted by Crippen LogP contribution is 2.16. The van der Waals surface area contributed by atoms with Crippen LogP contribution in [0.3, 0.4) is 0 Å². The van der Waals surface area contributed by atoms with Crippen LogP contribution in [0.4, 0.5) is 0 Å². The number of rotatable bonds is 4. The Morgan fingerprint density at radius 2 is 2.00 bits per heavy atom. The summed E-state index contributed by atoms with van der Waals surface area (Å²) in [4.78, 5) is 16.3. The quantitative estimate of drug-likeness (QED) is 0.746. The SMILES string of the molecule is CC(NC(=O)/C=C/c1nc2ccccc2o1)c1ccc(C#N)cc1. The van der Waals surface area contributed by atoms with Crippen LogP contribution in [0.2, 0.25) is 0 Å². The monoisotopic (exact) mass is 317 g/mol. The van der Waals surface area contributed by atoms with E-state index in [4.69, 9.17) is 9.68 Å². The van der Waals surface area contributed by atoms with Crippen LogP contribution in [0.25, 0.3) is 17.2 Å². The number of hydrogen-bond donors (Lipinski definition) is 1. The number of nitrogens with zero attached hydrogens (tertiary/aromatic N) is 2. The van der Waals surface area contributed by atoms with E-state index in [1.807, 2.05) is 43.3 Å². The molecule has 118 valence electrons. The Morgan fingerprint density at radius 3 is 2.71 bits per heavy atom. The van der Waals surface area contributed by atoms with Crippen molar-refractivity contribution in [2.75, 3.05) is 0 Å². The molecule has 5 nitrogen and oxygen atoms in total. The van der Waals surface area contributed by atoms with E-state index in [0.717, 1.165) is 11.1 Å². The Balaban J connectivity index is 1.64. The Labute approximate surface area is 139 Å². The van der Waals surface area contributed by atoms with E-state index in [-0.39, 0.29) is 11.9 Å². The molecule has 1 N–H and O–H groups in total. The van der Waals surface area contributed by atoms with E-state index in [1.165, 1.54) is 6.08 Å². The number of hydrogen-bond acceptors (Lipinski definition) is 4. The van der Waals surface area contributed by atoms with Gasteiger partial charge in [-0.2, -0.15) is 5.26 Å². The second-order valence-electron chi connectivity index (χ2n) is 5.32. The van der Waals surface area contributed by atoms with Gasteiger partial charge in [0.2, 0.25) is 11.8 Å². The first-order valence-corrected chi connectivity index (χ1v) is 7.50. The van der Waals surface area contributed by atoms with Crippen molar-refractivity contribution in [1.82, 2.24) is 10.3 Å². The molecule has 1 unspecified atom stereocenters. The van der Waals surface area contributed by atoms with E-state index in [0.29, 0.717) is 17.0 Å². The summed E-state index contributed by atoms with van der Waals surface area (Å²) >= 11 is 0. The standard InChI is InChI=1S/C19H15N3O2/c1-13(15-8-6-14(12-20)7-9-15)21-18(23)10-11-19-22-16-4-2-3-5-17(16)24-19/h2-11,13H,1H3,(H,21,23)/b11-10+. The first kappa shape index (κ1) is 15.5. The van der Waals surface area contributed by atoms with Crippen LogP contribution in [0.1, 0.15) is 30.0 Å². The van der Waals surface area contributed by atoms with Crippen LogP contribution in [0.5, 0.6) is 0 Å². The zero-order valence-corrected chi connectivity index (χ0v) is 13.1. The number of nitriles is 1. The molecule has 3 rings (SSSR count). The molecule has 0 radical (unpaired) electrons. The minimum Gasteiger partial charge on any atom is -0.437 e. The van der Waals surface area contributed by atoms with E-state index in [1.54, 1.807) is 18.2 Å². The van der Waals surface area contributed by atoms with Gasteiger partial charge in [-0.25, -0.2) is 4.98 Å². The Morgan fingerprint density at radius 1 is 1.25 bits per heavy atom. The number of amides is 1. The average Bonchev–Trinajstić information content (AvgIpc) is 3.03. The molecule has 0 aliphatic carbocycles. The Hall–Kier alpha value is -3.39. The van der Waals surface area contributed by atoms with Crippen LogP contribution < -0.4 is 5.32 Å². The lowest BCUT2D eigenvalue weighted by Gasteiger charge is -2.12. The van der Waals surface area contributed by atoms with Crippen molar-refractivity contribution >= 4 is 23.1 Å². The molecule has 5 heteroatoms. The van der Waals surface area contributed by atoms with Crippen LogP contribution in [0, 0.1) is 11.3 Å². The van der Waals surface area contributed by atoms with Gasteiger partial charge in [-0.3, -0.25) is 4.79 Å². The van der Waals surface area contributed by atoms with Crippen molar-refractivity contribution < 1.29 is 9.21 Å². The maximum atomic E-state index is 12.0. The molecule has 24 heavy (non-hydrogen) atoms. The number of fused-ring (bicyclic) bond motifs is 1. The fraction of sp³-hybridized carbons (Fsp3) is 0.105. The zero-order chi connectivity index (χ0) is 16.9. The molecule has 1 atom stereocenters. The number of oxazole rings is 1. The molecular formula is C19H15N3O2. The Kier molecular flexibility index (Phi) is 4.39. The van der Waals surface area contributed by atoms with Gasteiger partial charge < -0.3 is 9.73 Å². The molecule has 3 aromatic rings. The molecule has 0 aliphatic rings. The number of para-hydroxylation sites is 2. The summed E-state index contributed by atoms with van der Waals surface area (Å²) in [6.45, 7) is 1.88. The van der Waals surface area contributed by atoms with Gasteiger partial charge >= 0.3 is 0 Å². The van der Waals surface area contributed by atoms with E-state index in [9.17, 15) is 4.79 Å². The van der Waals surface area contributed by atoms with Crippen molar-refractivity contribution in [2.45, 2.75) is 13.0 Å². The predicted molar refractivity (Wildman–Crippen MR) is 90.8 cm³/mol. The normalized spacial score (nSPS) is 12.2. The van der Waals surface area contributed by atoms with Gasteiger partial charge in [0.15, 0.2) is 5.58 Å². The largest absolute Gasteiger partial charge is 0.437 e. The summed E-state index contributed by atoms with van der Waals surface area (Å²) in [5.41, 5.74) is 2.96. The van der Waals surface area contributed by atoms with Gasteiger partial charge in [-0.1, -0.05) is 24.3 Å². The number of aromatic nitrogens is 1. The summed E-state index contributed by atoms with van der Waals surface area (Å²) in [7, 11) is 0. The average molecular weight is 317 g/mol. The highest BCUT2D eigenvalue weighted by atomic mass is 16.3. The van der Waals surface area contributed by atoms with E-state index < -0.39 is 0 Å². The fourth-order valence-electron chi connectivity index (χ4n) is 2.30. The van der Waals surface area contributed by atoms with Gasteiger partial charge in [-0.15, -0.1) is 0 Å². The highest BCUT2D eigenvalue weighted by Gasteiger charge is 2.08. The third-order valence-electron chi connectivity index (χ3n) is 3.59. The lowest BCUT2D eigenvalue weighted by Crippen LogP contribution is -2.24. The minimum absolute atomic E-state index is 0.168. The minimum atomic E-state index is -0.242. The van der Waals surface area contributed by atoms with Gasteiger partial charge in [0.25, 0.3) is 0 Å². The maximum absolute atomic E-state index is 12.0. The first-order valence-electron chi connectivity index (χ1n) is 7.50. The van der Waals surface area contributed by atoms with Crippen molar-refractivity contribution in [1.29, 1.82) is 5.26 Å². The predicted octanol–water partition coefficient (Wildman–Crippen LogP) is 3.59. The topological polar surface area (TPSA) is 78.9 Å². The second kappa shape index (κ2) is 6.80. The fourth-order valence-corrected chi connectivity index (χ4v) is 2.30. The summed E-state index contributed by atoms with van der Waals surface area (Å²) in [6, 6.07) is 16.4. The third kappa shape index (κ3) is 3.50. The van der Waals surface area contributed by atoms with Crippen molar-refractivity contribution in [3.8, 4) is 6.07 Å². The molecule has 1 amide bonds. The molecule has 1 aromatic heterocycles. The van der Waals surface area contributed by atoms with Crippen molar-refractivity contribution in [3.63, 3.8) is 0 Å². The number of carbonyl (C=O) groups excluding carboxylic acids is 1. The third-order valence-corrected chi connectivity index (χ3v) is 3.59. The summed E-state index contributed by atoms with van der Waals surface area (Å²) in [5, 5.41) is 11.7. The smallest absolute Gasteiger partial charge is 0.244 e. The number of carbonyl (C=O) groups is 1. The molecule has 0 bridgehead atoms. The van der Waals surface area contributed by atoms with Gasteiger partial charge in [-0.05, 0) is 36.8 Å². The van der Waals surface area contributed by atoms with Crippen LogP contribution in [0.15, 0.2) is 59.0 Å². The molecule has 0 fully saturated rings. The van der Waals surface area contributed by atoms with Crippen molar-refractivity contribution in [2.24, 2.45) is 0 Å². The van der Waals surface area contributed by atoms with Crippen LogP contribution in [-0.4, -0.2) is 10.9 Å². The molecule has 0 saturated carbocycles. The van der Waals surface area contributed by atoms with E-state index in [2.05, 4.69) is 16.4 Å². The lowest BCUT2D eigenvalue weighted by molar-refractivity contribution is -0.117. The molecule has 0 saturated heterocycles. The summed E-state index contributed by atoms with van der Waals surface area (Å²) in [6.07, 6.45) is 2.94. The van der Waals surface area contributed by atoms with Crippen LogP contribution in [-0.2, 0) is 4.79 Å². The first-order chi connectivity index (χ1) is 11.7. The Bertz CT molecular complexity index is 900. The molecule has 0 spiro atoms. The molecule has 1 heterocycles. The van der Waals surface area contributed by atoms with Crippen molar-refractivity contribution in [3.05, 3.63) is 71.6 Å². The summed E-state index contributed by atoms with van der Waals surface area (Å²) < 4.78 is 5.53. The van der Waals surface area contributed by atoms with Gasteiger partial charge in [0.05, 0.1) is 17.7 Å². The molecular weight excluding hydrogens is 302 g/mol. The highest BCUT2D eigenvalue weighted by molar-refractivity contribution is 5.91. The lowest BCUT2D eigenvalue weighted by atomic mass is 10.1.